The van der Waals surface area contributed by atoms with Crippen LogP contribution < -0.4 is 9.64 Å². The number of hydrogen-bond acceptors (Lipinski definition) is 4. The van der Waals surface area contributed by atoms with Crippen molar-refractivity contribution >= 4 is 22.9 Å². The number of hydrogen-bond donors (Lipinski definition) is 0. The van der Waals surface area contributed by atoms with E-state index in [1.54, 1.807) is 11.3 Å². The molecule has 2 heterocycles. The first-order valence-electron chi connectivity index (χ1n) is 8.67. The van der Waals surface area contributed by atoms with Crippen LogP contribution in [0, 0.1) is 6.92 Å². The van der Waals surface area contributed by atoms with Crippen LogP contribution >= 0.6 is 11.3 Å². The molecule has 0 unspecified atom stereocenters. The number of nitrogens with zero attached hydrogens (tertiary/aromatic N) is 2. The molecule has 1 atom stereocenters. The van der Waals surface area contributed by atoms with Gasteiger partial charge in [-0.15, -0.1) is 11.3 Å². The second kappa shape index (κ2) is 6.92. The average molecular weight is 364 g/mol. The minimum atomic E-state index is -0.0120. The first-order chi connectivity index (χ1) is 12.6. The molecule has 0 aliphatic carbocycles. The van der Waals surface area contributed by atoms with Gasteiger partial charge in [0.15, 0.2) is 6.61 Å². The summed E-state index contributed by atoms with van der Waals surface area (Å²) >= 11 is 1.62. The van der Waals surface area contributed by atoms with Gasteiger partial charge in [0.05, 0.1) is 0 Å². The molecule has 3 aromatic rings. The van der Waals surface area contributed by atoms with Gasteiger partial charge in [0.1, 0.15) is 10.8 Å². The highest BCUT2D eigenvalue weighted by Crippen LogP contribution is 2.32. The van der Waals surface area contributed by atoms with Gasteiger partial charge < -0.3 is 9.64 Å². The predicted octanol–water partition coefficient (Wildman–Crippen LogP) is 4.48. The fourth-order valence-electron chi connectivity index (χ4n) is 3.34. The third-order valence-corrected chi connectivity index (χ3v) is 5.57. The summed E-state index contributed by atoms with van der Waals surface area (Å²) in [7, 11) is 0. The van der Waals surface area contributed by atoms with Crippen molar-refractivity contribution in [3.05, 3.63) is 65.2 Å². The molecule has 0 spiro atoms. The molecule has 2 aromatic carbocycles. The minimum Gasteiger partial charge on any atom is -0.484 e. The number of carbonyl (C=O) groups is 1. The largest absolute Gasteiger partial charge is 0.484 e. The molecule has 26 heavy (non-hydrogen) atoms. The summed E-state index contributed by atoms with van der Waals surface area (Å²) in [6, 6.07) is 16.0. The lowest BCUT2D eigenvalue weighted by Gasteiger charge is -2.22. The van der Waals surface area contributed by atoms with Gasteiger partial charge >= 0.3 is 0 Å². The molecule has 0 N–H and O–H groups in total. The Morgan fingerprint density at radius 2 is 2.00 bits per heavy atom. The lowest BCUT2D eigenvalue weighted by atomic mass is 10.1. The summed E-state index contributed by atoms with van der Waals surface area (Å²) in [6.45, 7) is 4.09. The Hall–Kier alpha value is -2.66. The van der Waals surface area contributed by atoms with Gasteiger partial charge in [0, 0.05) is 28.4 Å². The minimum absolute atomic E-state index is 0.0120. The maximum absolute atomic E-state index is 12.7. The Balaban J connectivity index is 1.42. The Labute approximate surface area is 157 Å². The number of aromatic nitrogens is 1. The molecule has 1 amide bonds. The van der Waals surface area contributed by atoms with E-state index in [9.17, 15) is 4.79 Å². The zero-order valence-electron chi connectivity index (χ0n) is 14.8. The molecular weight excluding hydrogens is 344 g/mol. The summed E-state index contributed by atoms with van der Waals surface area (Å²) < 4.78 is 5.73. The number of aryl methyl sites for hydroxylation is 1. The van der Waals surface area contributed by atoms with Crippen LogP contribution in [-0.4, -0.2) is 23.5 Å². The van der Waals surface area contributed by atoms with Crippen LogP contribution in [0.3, 0.4) is 0 Å². The Morgan fingerprint density at radius 1 is 1.23 bits per heavy atom. The number of benzene rings is 2. The van der Waals surface area contributed by atoms with E-state index in [1.165, 1.54) is 5.56 Å². The predicted molar refractivity (Wildman–Crippen MR) is 105 cm³/mol. The number of carbonyl (C=O) groups excluding carboxylic acids is 1. The first-order valence-corrected chi connectivity index (χ1v) is 9.55. The van der Waals surface area contributed by atoms with E-state index in [4.69, 9.17) is 4.74 Å². The molecule has 0 radical (unpaired) electrons. The van der Waals surface area contributed by atoms with E-state index in [2.05, 4.69) is 18.0 Å². The van der Waals surface area contributed by atoms with Crippen LogP contribution in [0.15, 0.2) is 53.9 Å². The molecule has 1 aliphatic rings. The summed E-state index contributed by atoms with van der Waals surface area (Å²) in [5.74, 6) is 0.678. The maximum atomic E-state index is 12.7. The molecular formula is C21H20N2O2S. The molecule has 5 heteroatoms. The van der Waals surface area contributed by atoms with E-state index in [0.29, 0.717) is 5.75 Å². The molecule has 1 aliphatic heterocycles. The molecule has 0 fully saturated rings. The number of anilines is 1. The van der Waals surface area contributed by atoms with Crippen molar-refractivity contribution in [3.8, 4) is 16.3 Å². The van der Waals surface area contributed by atoms with Crippen LogP contribution in [0.1, 0.15) is 18.2 Å². The molecule has 1 aromatic heterocycles. The lowest BCUT2D eigenvalue weighted by molar-refractivity contribution is -0.120. The maximum Gasteiger partial charge on any atom is 0.265 e. The molecule has 0 saturated carbocycles. The van der Waals surface area contributed by atoms with Crippen LogP contribution in [0.4, 0.5) is 5.69 Å². The van der Waals surface area contributed by atoms with Crippen LogP contribution in [0.2, 0.25) is 0 Å². The van der Waals surface area contributed by atoms with Crippen LogP contribution in [0.5, 0.6) is 5.75 Å². The van der Waals surface area contributed by atoms with E-state index in [-0.39, 0.29) is 18.6 Å². The highest BCUT2D eigenvalue weighted by molar-refractivity contribution is 7.13. The van der Waals surface area contributed by atoms with Gasteiger partial charge in [0.2, 0.25) is 0 Å². The average Bonchev–Trinajstić information content (AvgIpc) is 3.22. The number of rotatable bonds is 4. The summed E-state index contributed by atoms with van der Waals surface area (Å²) in [5.41, 5.74) is 4.30. The fraction of sp³-hybridized carbons (Fsp3) is 0.238. The number of ether oxygens (including phenoxy) is 1. The molecule has 0 bridgehead atoms. The zero-order valence-corrected chi connectivity index (χ0v) is 15.6. The van der Waals surface area contributed by atoms with E-state index in [0.717, 1.165) is 28.4 Å². The second-order valence-corrected chi connectivity index (χ2v) is 7.41. The van der Waals surface area contributed by atoms with E-state index < -0.39 is 0 Å². The van der Waals surface area contributed by atoms with Crippen molar-refractivity contribution in [2.24, 2.45) is 0 Å². The topological polar surface area (TPSA) is 42.4 Å². The van der Waals surface area contributed by atoms with Gasteiger partial charge in [-0.1, -0.05) is 18.2 Å². The van der Waals surface area contributed by atoms with Crippen molar-refractivity contribution in [3.63, 3.8) is 0 Å². The molecule has 4 nitrogen and oxygen atoms in total. The van der Waals surface area contributed by atoms with Crippen molar-refractivity contribution in [1.29, 1.82) is 0 Å². The van der Waals surface area contributed by atoms with Gasteiger partial charge in [-0.05, 0) is 56.2 Å². The van der Waals surface area contributed by atoms with Crippen molar-refractivity contribution < 1.29 is 9.53 Å². The Bertz CT molecular complexity index is 933. The van der Waals surface area contributed by atoms with Crippen molar-refractivity contribution in [2.45, 2.75) is 26.3 Å². The molecule has 4 rings (SSSR count). The zero-order chi connectivity index (χ0) is 18.1. The Morgan fingerprint density at radius 3 is 2.73 bits per heavy atom. The number of para-hydroxylation sites is 1. The van der Waals surface area contributed by atoms with Gasteiger partial charge in [-0.25, -0.2) is 4.98 Å². The highest BCUT2D eigenvalue weighted by Gasteiger charge is 2.30. The normalized spacial score (nSPS) is 15.8. The summed E-state index contributed by atoms with van der Waals surface area (Å²) in [6.07, 6.45) is 0.893. The van der Waals surface area contributed by atoms with Crippen LogP contribution in [0.25, 0.3) is 10.6 Å². The van der Waals surface area contributed by atoms with Crippen LogP contribution in [-0.2, 0) is 11.2 Å². The third kappa shape index (κ3) is 3.22. The van der Waals surface area contributed by atoms with E-state index >= 15 is 0 Å². The monoisotopic (exact) mass is 364 g/mol. The Kier molecular flexibility index (Phi) is 4.47. The van der Waals surface area contributed by atoms with Crippen molar-refractivity contribution in [1.82, 2.24) is 4.98 Å². The number of amides is 1. The quantitative estimate of drug-likeness (QED) is 0.686. The van der Waals surface area contributed by atoms with E-state index in [1.807, 2.05) is 59.7 Å². The highest BCUT2D eigenvalue weighted by atomic mass is 32.1. The van der Waals surface area contributed by atoms with Gasteiger partial charge in [0.25, 0.3) is 5.91 Å². The molecule has 0 saturated heterocycles. The lowest BCUT2D eigenvalue weighted by Crippen LogP contribution is -2.39. The fourth-order valence-corrected chi connectivity index (χ4v) is 4.14. The summed E-state index contributed by atoms with van der Waals surface area (Å²) in [4.78, 5) is 19.0. The third-order valence-electron chi connectivity index (χ3n) is 4.56. The molecule has 132 valence electrons. The van der Waals surface area contributed by atoms with Gasteiger partial charge in [-0.2, -0.15) is 0 Å². The van der Waals surface area contributed by atoms with Gasteiger partial charge in [-0.3, -0.25) is 4.79 Å². The number of thiazole rings is 1. The van der Waals surface area contributed by atoms with Crippen molar-refractivity contribution in [2.75, 3.05) is 11.5 Å². The SMILES string of the molecule is Cc1csc(-c2ccc(OCC(=O)N3c4ccccc4C[C@H]3C)cc2)n1. The first kappa shape index (κ1) is 16.8. The smallest absolute Gasteiger partial charge is 0.265 e. The summed E-state index contributed by atoms with van der Waals surface area (Å²) in [5, 5.41) is 3.03. The standard InChI is InChI=1S/C21H20N2O2S/c1-14-13-26-21(22-14)16-7-9-18(10-8-16)25-12-20(24)23-15(2)11-17-5-3-4-6-19(17)23/h3-10,13,15H,11-12H2,1-2H3/t15-/m1/s1. The second-order valence-electron chi connectivity index (χ2n) is 6.55. The number of fused-ring (bicyclic) bond motifs is 1.